The van der Waals surface area contributed by atoms with Crippen molar-refractivity contribution in [2.75, 3.05) is 0 Å². The number of nitrogens with zero attached hydrogens (tertiary/aromatic N) is 4. The molecule has 2 aliphatic carbocycles. The van der Waals surface area contributed by atoms with Gasteiger partial charge in [-0.25, -0.2) is 0 Å². The van der Waals surface area contributed by atoms with E-state index in [1.807, 2.05) is 12.1 Å². The lowest BCUT2D eigenvalue weighted by molar-refractivity contribution is 0.376. The first kappa shape index (κ1) is 16.8. The summed E-state index contributed by atoms with van der Waals surface area (Å²) in [6.45, 7) is 0. The number of aryl methyl sites for hydroxylation is 2. The van der Waals surface area contributed by atoms with Gasteiger partial charge in [0.1, 0.15) is 0 Å². The van der Waals surface area contributed by atoms with Gasteiger partial charge in [0.2, 0.25) is 6.19 Å². The van der Waals surface area contributed by atoms with E-state index in [1.165, 1.54) is 16.7 Å². The van der Waals surface area contributed by atoms with Crippen molar-refractivity contribution >= 4 is 5.71 Å². The summed E-state index contributed by atoms with van der Waals surface area (Å²) in [6.07, 6.45) is 8.84. The molecule has 0 fully saturated rings. The third-order valence-electron chi connectivity index (χ3n) is 6.29. The van der Waals surface area contributed by atoms with Crippen molar-refractivity contribution < 1.29 is 0 Å². The molecule has 28 heavy (non-hydrogen) atoms. The molecule has 1 aromatic heterocycles. The molecule has 0 bridgehead atoms. The molecule has 136 valence electrons. The van der Waals surface area contributed by atoms with Gasteiger partial charge < -0.3 is 0 Å². The quantitative estimate of drug-likeness (QED) is 0.596. The standard InChI is InChI=1S/C24H20N4/c25-16-26-23-21-14-19(22-6-3-13-27-28-22)7-8-20(21)15-24(23)11-9-17-4-1-2-5-18(17)10-12-24/h1-8,13-14H,9-12,15H2. The summed E-state index contributed by atoms with van der Waals surface area (Å²) < 4.78 is 0. The number of rotatable bonds is 1. The highest BCUT2D eigenvalue weighted by Gasteiger charge is 2.44. The second-order valence-corrected chi connectivity index (χ2v) is 7.77. The maximum atomic E-state index is 9.44. The molecule has 0 radical (unpaired) electrons. The normalized spacial score (nSPS) is 18.3. The second kappa shape index (κ2) is 6.69. The van der Waals surface area contributed by atoms with Crippen LogP contribution in [0.5, 0.6) is 0 Å². The van der Waals surface area contributed by atoms with Crippen LogP contribution in [-0.2, 0) is 19.3 Å². The Hall–Kier alpha value is -3.32. The fourth-order valence-corrected chi connectivity index (χ4v) is 4.86. The molecule has 1 spiro atoms. The number of aliphatic imine (C=N–C) groups is 1. The van der Waals surface area contributed by atoms with Gasteiger partial charge in [0.05, 0.1) is 11.4 Å². The van der Waals surface area contributed by atoms with Crippen LogP contribution in [0.2, 0.25) is 0 Å². The van der Waals surface area contributed by atoms with E-state index in [-0.39, 0.29) is 5.41 Å². The minimum atomic E-state index is -0.0575. The molecule has 0 saturated heterocycles. The number of benzene rings is 2. The summed E-state index contributed by atoms with van der Waals surface area (Å²) >= 11 is 0. The molecule has 5 rings (SSSR count). The van der Waals surface area contributed by atoms with E-state index in [1.54, 1.807) is 6.20 Å². The molecule has 3 aromatic rings. The topological polar surface area (TPSA) is 61.9 Å². The van der Waals surface area contributed by atoms with Crippen molar-refractivity contribution in [3.8, 4) is 17.5 Å². The van der Waals surface area contributed by atoms with E-state index in [0.717, 1.165) is 54.6 Å². The Labute approximate surface area is 164 Å². The Morgan fingerprint density at radius 1 is 0.929 bits per heavy atom. The molecule has 2 aliphatic rings. The lowest BCUT2D eigenvalue weighted by Crippen LogP contribution is -2.29. The van der Waals surface area contributed by atoms with Crippen LogP contribution in [0.3, 0.4) is 0 Å². The van der Waals surface area contributed by atoms with Gasteiger partial charge in [0.25, 0.3) is 0 Å². The summed E-state index contributed by atoms with van der Waals surface area (Å²) in [4.78, 5) is 4.37. The summed E-state index contributed by atoms with van der Waals surface area (Å²) in [5.41, 5.74) is 8.03. The predicted octanol–water partition coefficient (Wildman–Crippen LogP) is 4.54. The number of fused-ring (bicyclic) bond motifs is 2. The molecule has 0 aliphatic heterocycles. The zero-order valence-corrected chi connectivity index (χ0v) is 15.6. The summed E-state index contributed by atoms with van der Waals surface area (Å²) in [6, 6.07) is 19.0. The van der Waals surface area contributed by atoms with E-state index in [0.29, 0.717) is 0 Å². The van der Waals surface area contributed by atoms with Crippen LogP contribution in [0.15, 0.2) is 65.8 Å². The molecule has 0 N–H and O–H groups in total. The molecule has 0 amide bonds. The average Bonchev–Trinajstić information content (AvgIpc) is 2.92. The van der Waals surface area contributed by atoms with Crippen LogP contribution in [0.4, 0.5) is 0 Å². The van der Waals surface area contributed by atoms with E-state index in [9.17, 15) is 5.26 Å². The van der Waals surface area contributed by atoms with Gasteiger partial charge in [-0.15, -0.1) is 0 Å². The predicted molar refractivity (Wildman–Crippen MR) is 109 cm³/mol. The summed E-state index contributed by atoms with van der Waals surface area (Å²) in [7, 11) is 0. The number of hydrogen-bond donors (Lipinski definition) is 0. The molecule has 1 heterocycles. The van der Waals surface area contributed by atoms with E-state index >= 15 is 0 Å². The smallest absolute Gasteiger partial charge is 0.177 e. The van der Waals surface area contributed by atoms with Crippen molar-refractivity contribution in [2.24, 2.45) is 10.4 Å². The lowest BCUT2D eigenvalue weighted by Gasteiger charge is -2.28. The fraction of sp³-hybridized carbons (Fsp3) is 0.250. The fourth-order valence-electron chi connectivity index (χ4n) is 4.86. The van der Waals surface area contributed by atoms with Gasteiger partial charge in [-0.05, 0) is 67.0 Å². The van der Waals surface area contributed by atoms with Crippen LogP contribution >= 0.6 is 0 Å². The Morgan fingerprint density at radius 2 is 1.71 bits per heavy atom. The highest BCUT2D eigenvalue weighted by atomic mass is 15.1. The summed E-state index contributed by atoms with van der Waals surface area (Å²) in [5, 5.41) is 17.7. The first-order chi connectivity index (χ1) is 13.8. The van der Waals surface area contributed by atoms with Gasteiger partial charge in [-0.1, -0.05) is 36.4 Å². The van der Waals surface area contributed by atoms with Crippen molar-refractivity contribution in [1.29, 1.82) is 5.26 Å². The van der Waals surface area contributed by atoms with Crippen LogP contribution < -0.4 is 0 Å². The minimum Gasteiger partial charge on any atom is -0.177 e. The minimum absolute atomic E-state index is 0.0575. The van der Waals surface area contributed by atoms with Crippen molar-refractivity contribution in [3.63, 3.8) is 0 Å². The van der Waals surface area contributed by atoms with E-state index < -0.39 is 0 Å². The zero-order valence-electron chi connectivity index (χ0n) is 15.6. The first-order valence-corrected chi connectivity index (χ1v) is 9.74. The van der Waals surface area contributed by atoms with Crippen LogP contribution in [0, 0.1) is 16.9 Å². The summed E-state index contributed by atoms with van der Waals surface area (Å²) in [5.74, 6) is 0. The Bertz CT molecular complexity index is 1080. The molecule has 4 heteroatoms. The maximum Gasteiger partial charge on any atom is 0.205 e. The van der Waals surface area contributed by atoms with Crippen molar-refractivity contribution in [1.82, 2.24) is 10.2 Å². The molecular formula is C24H20N4. The Morgan fingerprint density at radius 3 is 2.39 bits per heavy atom. The van der Waals surface area contributed by atoms with E-state index in [4.69, 9.17) is 0 Å². The van der Waals surface area contributed by atoms with Crippen LogP contribution in [-0.4, -0.2) is 15.9 Å². The van der Waals surface area contributed by atoms with Crippen LogP contribution in [0.1, 0.15) is 35.1 Å². The molecule has 4 nitrogen and oxygen atoms in total. The highest BCUT2D eigenvalue weighted by molar-refractivity contribution is 6.10. The van der Waals surface area contributed by atoms with Gasteiger partial charge in [0.15, 0.2) is 0 Å². The number of nitriles is 1. The molecule has 0 unspecified atom stereocenters. The molecular weight excluding hydrogens is 344 g/mol. The molecule has 2 aromatic carbocycles. The van der Waals surface area contributed by atoms with Gasteiger partial charge in [-0.3, -0.25) is 0 Å². The van der Waals surface area contributed by atoms with E-state index in [2.05, 4.69) is 63.8 Å². The lowest BCUT2D eigenvalue weighted by atomic mass is 9.76. The first-order valence-electron chi connectivity index (χ1n) is 9.74. The molecule has 0 atom stereocenters. The Balaban J connectivity index is 1.56. The zero-order chi connectivity index (χ0) is 19.0. The monoisotopic (exact) mass is 364 g/mol. The van der Waals surface area contributed by atoms with Gasteiger partial charge in [0, 0.05) is 22.7 Å². The number of aromatic nitrogens is 2. The van der Waals surface area contributed by atoms with Crippen molar-refractivity contribution in [3.05, 3.63) is 83.0 Å². The van der Waals surface area contributed by atoms with Gasteiger partial charge in [-0.2, -0.15) is 20.5 Å². The third kappa shape index (κ3) is 2.71. The van der Waals surface area contributed by atoms with Crippen LogP contribution in [0.25, 0.3) is 11.3 Å². The number of hydrogen-bond acceptors (Lipinski definition) is 4. The average molecular weight is 364 g/mol. The Kier molecular flexibility index (Phi) is 4.02. The molecule has 0 saturated carbocycles. The van der Waals surface area contributed by atoms with Crippen molar-refractivity contribution in [2.45, 2.75) is 32.1 Å². The second-order valence-electron chi connectivity index (χ2n) is 7.77. The maximum absolute atomic E-state index is 9.44. The van der Waals surface area contributed by atoms with Gasteiger partial charge >= 0.3 is 0 Å². The largest absolute Gasteiger partial charge is 0.205 e. The highest BCUT2D eigenvalue weighted by Crippen LogP contribution is 2.47. The third-order valence-corrected chi connectivity index (χ3v) is 6.29. The SMILES string of the molecule is N#CN=C1c2cc(-c3cccnn3)ccc2CC12CCc1ccccc1CC2.